The van der Waals surface area contributed by atoms with Crippen LogP contribution in [0.3, 0.4) is 0 Å². The van der Waals surface area contributed by atoms with Gasteiger partial charge in [-0.05, 0) is 53.2 Å². The first-order valence-electron chi connectivity index (χ1n) is 5.60. The molecule has 0 unspecified atom stereocenters. The van der Waals surface area contributed by atoms with Crippen molar-refractivity contribution < 1.29 is 4.74 Å². The second-order valence-corrected chi connectivity index (χ2v) is 4.54. The van der Waals surface area contributed by atoms with Crippen LogP contribution in [0.15, 0.2) is 41.0 Å². The fraction of sp³-hybridized carbons (Fsp3) is 0.154. The summed E-state index contributed by atoms with van der Waals surface area (Å²) < 4.78 is 6.21. The predicted molar refractivity (Wildman–Crippen MR) is 77.2 cm³/mol. The van der Waals surface area contributed by atoms with Gasteiger partial charge in [-0.25, -0.2) is 4.98 Å². The molecule has 0 bridgehead atoms. The molecule has 1 heterocycles. The van der Waals surface area contributed by atoms with Crippen LogP contribution in [-0.2, 0) is 0 Å². The Morgan fingerprint density at radius 3 is 2.67 bits per heavy atom. The quantitative estimate of drug-likeness (QED) is 0.906. The van der Waals surface area contributed by atoms with Crippen molar-refractivity contribution in [3.63, 3.8) is 0 Å². The number of benzene rings is 1. The van der Waals surface area contributed by atoms with Crippen molar-refractivity contribution in [3.8, 4) is 5.75 Å². The summed E-state index contributed by atoms with van der Waals surface area (Å²) in [5, 5.41) is 3.20. The van der Waals surface area contributed by atoms with Crippen LogP contribution in [0.25, 0.3) is 0 Å². The second kappa shape index (κ2) is 5.73. The highest BCUT2D eigenvalue weighted by Crippen LogP contribution is 2.26. The van der Waals surface area contributed by atoms with E-state index in [0.29, 0.717) is 12.3 Å². The minimum atomic E-state index is 0.624. The predicted octanol–water partition coefficient (Wildman–Crippen LogP) is 3.57. The number of hydrogen-bond donors (Lipinski definition) is 2. The molecular formula is C13H14BrN3O. The molecule has 0 spiro atoms. The molecule has 18 heavy (non-hydrogen) atoms. The molecule has 0 aliphatic rings. The van der Waals surface area contributed by atoms with E-state index in [0.717, 1.165) is 21.7 Å². The van der Waals surface area contributed by atoms with Gasteiger partial charge >= 0.3 is 0 Å². The van der Waals surface area contributed by atoms with Crippen LogP contribution in [-0.4, -0.2) is 11.6 Å². The lowest BCUT2D eigenvalue weighted by molar-refractivity contribution is 0.340. The van der Waals surface area contributed by atoms with Crippen molar-refractivity contribution >= 4 is 33.1 Å². The summed E-state index contributed by atoms with van der Waals surface area (Å²) in [6.07, 6.45) is 1.61. The monoisotopic (exact) mass is 307 g/mol. The molecule has 1 aromatic carbocycles. The molecule has 4 nitrogen and oxygen atoms in total. The van der Waals surface area contributed by atoms with Gasteiger partial charge in [-0.15, -0.1) is 0 Å². The van der Waals surface area contributed by atoms with Gasteiger partial charge in [-0.3, -0.25) is 0 Å². The lowest BCUT2D eigenvalue weighted by atomic mass is 10.3. The van der Waals surface area contributed by atoms with E-state index < -0.39 is 0 Å². The van der Waals surface area contributed by atoms with E-state index in [-0.39, 0.29) is 0 Å². The molecule has 0 aliphatic heterocycles. The van der Waals surface area contributed by atoms with Crippen LogP contribution in [0.5, 0.6) is 5.75 Å². The van der Waals surface area contributed by atoms with Crippen LogP contribution in [0.1, 0.15) is 6.92 Å². The molecule has 0 amide bonds. The number of ether oxygens (including phenoxy) is 1. The largest absolute Gasteiger partial charge is 0.494 e. The van der Waals surface area contributed by atoms with Crippen LogP contribution in [0, 0.1) is 0 Å². The van der Waals surface area contributed by atoms with Crippen molar-refractivity contribution in [2.24, 2.45) is 0 Å². The fourth-order valence-electron chi connectivity index (χ4n) is 1.48. The van der Waals surface area contributed by atoms with Crippen LogP contribution in [0.2, 0.25) is 0 Å². The number of aromatic nitrogens is 1. The number of nitrogens with one attached hydrogen (secondary N) is 1. The van der Waals surface area contributed by atoms with Crippen LogP contribution < -0.4 is 15.8 Å². The van der Waals surface area contributed by atoms with Crippen molar-refractivity contribution in [2.75, 3.05) is 17.7 Å². The van der Waals surface area contributed by atoms with Crippen LogP contribution in [0.4, 0.5) is 17.2 Å². The molecule has 2 aromatic rings. The molecule has 0 saturated carbocycles. The van der Waals surface area contributed by atoms with Crippen LogP contribution >= 0.6 is 15.9 Å². The van der Waals surface area contributed by atoms with Gasteiger partial charge < -0.3 is 15.8 Å². The first-order valence-corrected chi connectivity index (χ1v) is 6.39. The topological polar surface area (TPSA) is 60.2 Å². The third-order valence-electron chi connectivity index (χ3n) is 2.29. The first kappa shape index (κ1) is 12.7. The smallest absolute Gasteiger partial charge is 0.144 e. The third kappa shape index (κ3) is 3.13. The zero-order valence-electron chi connectivity index (χ0n) is 9.98. The second-order valence-electron chi connectivity index (χ2n) is 3.68. The number of rotatable bonds is 4. The standard InChI is InChI=1S/C13H14BrN3O/c1-2-18-11-5-3-10(4-6-11)17-13-12(14)7-9(15)8-16-13/h3-8H,2,15H2,1H3,(H,16,17). The molecule has 0 radical (unpaired) electrons. The van der Waals surface area contributed by atoms with E-state index in [1.54, 1.807) is 6.20 Å². The van der Waals surface area contributed by atoms with Crippen molar-refractivity contribution in [1.29, 1.82) is 0 Å². The Balaban J connectivity index is 2.13. The minimum Gasteiger partial charge on any atom is -0.494 e. The fourth-order valence-corrected chi connectivity index (χ4v) is 1.95. The number of halogens is 1. The average molecular weight is 308 g/mol. The highest BCUT2D eigenvalue weighted by Gasteiger charge is 2.02. The van der Waals surface area contributed by atoms with Gasteiger partial charge in [-0.1, -0.05) is 0 Å². The maximum absolute atomic E-state index is 5.64. The molecular weight excluding hydrogens is 294 g/mol. The number of hydrogen-bond acceptors (Lipinski definition) is 4. The van der Waals surface area contributed by atoms with E-state index in [1.807, 2.05) is 37.3 Å². The molecule has 94 valence electrons. The Kier molecular flexibility index (Phi) is 4.04. The molecule has 2 rings (SSSR count). The molecule has 0 aliphatic carbocycles. The highest BCUT2D eigenvalue weighted by molar-refractivity contribution is 9.10. The van der Waals surface area contributed by atoms with Gasteiger partial charge in [0.2, 0.25) is 0 Å². The first-order chi connectivity index (χ1) is 8.69. The maximum atomic E-state index is 5.64. The van der Waals surface area contributed by atoms with Crippen molar-refractivity contribution in [3.05, 3.63) is 41.0 Å². The Hall–Kier alpha value is -1.75. The number of nitrogens with two attached hydrogens (primary N) is 1. The summed E-state index contributed by atoms with van der Waals surface area (Å²) in [5.41, 5.74) is 7.20. The van der Waals surface area contributed by atoms with Gasteiger partial charge in [-0.2, -0.15) is 0 Å². The third-order valence-corrected chi connectivity index (χ3v) is 2.89. The van der Waals surface area contributed by atoms with E-state index in [1.165, 1.54) is 0 Å². The van der Waals surface area contributed by atoms with Gasteiger partial charge in [0.15, 0.2) is 0 Å². The lowest BCUT2D eigenvalue weighted by Crippen LogP contribution is -1.97. The normalized spacial score (nSPS) is 10.1. The Bertz CT molecular complexity index is 528. The van der Waals surface area contributed by atoms with Gasteiger partial charge in [0, 0.05) is 5.69 Å². The van der Waals surface area contributed by atoms with Crippen molar-refractivity contribution in [1.82, 2.24) is 4.98 Å². The summed E-state index contributed by atoms with van der Waals surface area (Å²) in [7, 11) is 0. The Morgan fingerprint density at radius 2 is 2.06 bits per heavy atom. The summed E-state index contributed by atoms with van der Waals surface area (Å²) >= 11 is 3.41. The van der Waals surface area contributed by atoms with Gasteiger partial charge in [0.25, 0.3) is 0 Å². The molecule has 0 saturated heterocycles. The average Bonchev–Trinajstić information content (AvgIpc) is 2.35. The zero-order valence-corrected chi connectivity index (χ0v) is 11.6. The van der Waals surface area contributed by atoms with Crippen molar-refractivity contribution in [2.45, 2.75) is 6.92 Å². The van der Waals surface area contributed by atoms with Gasteiger partial charge in [0.1, 0.15) is 11.6 Å². The summed E-state index contributed by atoms with van der Waals surface area (Å²) in [6.45, 7) is 2.62. The summed E-state index contributed by atoms with van der Waals surface area (Å²) in [6, 6.07) is 9.52. The molecule has 1 aromatic heterocycles. The molecule has 0 atom stereocenters. The molecule has 3 N–H and O–H groups in total. The summed E-state index contributed by atoms with van der Waals surface area (Å²) in [4.78, 5) is 4.22. The molecule has 5 heteroatoms. The van der Waals surface area contributed by atoms with E-state index in [9.17, 15) is 0 Å². The van der Waals surface area contributed by atoms with E-state index >= 15 is 0 Å². The zero-order chi connectivity index (χ0) is 13.0. The number of nitrogen functional groups attached to an aromatic ring is 1. The Labute approximate surface area is 114 Å². The lowest BCUT2D eigenvalue weighted by Gasteiger charge is -2.09. The molecule has 0 fully saturated rings. The van der Waals surface area contributed by atoms with Gasteiger partial charge in [0.05, 0.1) is 23.0 Å². The number of pyridine rings is 1. The summed E-state index contributed by atoms with van der Waals surface area (Å²) in [5.74, 6) is 1.58. The van der Waals surface area contributed by atoms with E-state index in [4.69, 9.17) is 10.5 Å². The Morgan fingerprint density at radius 1 is 1.33 bits per heavy atom. The SMILES string of the molecule is CCOc1ccc(Nc2ncc(N)cc2Br)cc1. The maximum Gasteiger partial charge on any atom is 0.144 e. The highest BCUT2D eigenvalue weighted by atomic mass is 79.9. The minimum absolute atomic E-state index is 0.624. The number of nitrogens with zero attached hydrogens (tertiary/aromatic N) is 1. The number of anilines is 3. The van der Waals surface area contributed by atoms with E-state index in [2.05, 4.69) is 26.2 Å².